The van der Waals surface area contributed by atoms with Crippen LogP contribution in [-0.2, 0) is 0 Å². The first-order chi connectivity index (χ1) is 6.24. The Morgan fingerprint density at radius 3 is 2.92 bits per heavy atom. The number of pyridine rings is 1. The number of hydrogen-bond acceptors (Lipinski definition) is 4. The molecule has 0 unspecified atom stereocenters. The minimum absolute atomic E-state index is 0.599. The Bertz CT molecular complexity index is 507. The van der Waals surface area contributed by atoms with Crippen LogP contribution in [0.25, 0.3) is 10.9 Å². The first-order valence-electron chi connectivity index (χ1n) is 3.85. The summed E-state index contributed by atoms with van der Waals surface area (Å²) in [6.07, 6.45) is 1.78. The van der Waals surface area contributed by atoms with Gasteiger partial charge in [-0.25, -0.2) is 0 Å². The summed E-state index contributed by atoms with van der Waals surface area (Å²) in [6, 6.07) is 2.13. The number of rotatable bonds is 0. The van der Waals surface area contributed by atoms with Crippen molar-refractivity contribution in [1.29, 1.82) is 5.26 Å². The molecular weight excluding hydrogens is 182 g/mol. The van der Waals surface area contributed by atoms with E-state index in [0.717, 1.165) is 21.5 Å². The SMILES string of the molecule is Cc1ncc2c(C)snc2c1C#N. The highest BCUT2D eigenvalue weighted by molar-refractivity contribution is 7.07. The maximum Gasteiger partial charge on any atom is 0.105 e. The molecule has 13 heavy (non-hydrogen) atoms. The van der Waals surface area contributed by atoms with Crippen molar-refractivity contribution < 1.29 is 0 Å². The molecule has 0 amide bonds. The molecule has 2 rings (SSSR count). The van der Waals surface area contributed by atoms with E-state index in [1.54, 1.807) is 6.20 Å². The summed E-state index contributed by atoms with van der Waals surface area (Å²) in [4.78, 5) is 5.27. The molecule has 0 aliphatic carbocycles. The molecule has 0 aromatic carbocycles. The number of fused-ring (bicyclic) bond motifs is 1. The van der Waals surface area contributed by atoms with Gasteiger partial charge in [-0.1, -0.05) is 0 Å². The molecular formula is C9H7N3S. The molecule has 0 N–H and O–H groups in total. The van der Waals surface area contributed by atoms with Crippen LogP contribution in [-0.4, -0.2) is 9.36 Å². The predicted molar refractivity (Wildman–Crippen MR) is 51.6 cm³/mol. The summed E-state index contributed by atoms with van der Waals surface area (Å²) < 4.78 is 4.23. The molecule has 4 heteroatoms. The van der Waals surface area contributed by atoms with Gasteiger partial charge in [-0.05, 0) is 25.4 Å². The molecule has 0 bridgehead atoms. The number of aryl methyl sites for hydroxylation is 2. The van der Waals surface area contributed by atoms with Gasteiger partial charge >= 0.3 is 0 Å². The Balaban J connectivity index is 2.95. The van der Waals surface area contributed by atoms with E-state index < -0.39 is 0 Å². The Hall–Kier alpha value is -1.47. The van der Waals surface area contributed by atoms with E-state index in [2.05, 4.69) is 15.4 Å². The van der Waals surface area contributed by atoms with Crippen molar-refractivity contribution in [2.24, 2.45) is 0 Å². The van der Waals surface area contributed by atoms with E-state index >= 15 is 0 Å². The third-order valence-corrected chi connectivity index (χ3v) is 2.77. The van der Waals surface area contributed by atoms with E-state index in [0.29, 0.717) is 5.56 Å². The zero-order chi connectivity index (χ0) is 9.42. The largest absolute Gasteiger partial charge is 0.259 e. The molecule has 0 radical (unpaired) electrons. The number of nitrogens with zero attached hydrogens (tertiary/aromatic N) is 3. The Kier molecular flexibility index (Phi) is 1.74. The molecule has 0 saturated carbocycles. The van der Waals surface area contributed by atoms with Gasteiger partial charge in [-0.3, -0.25) is 4.98 Å². The van der Waals surface area contributed by atoms with E-state index in [1.807, 2.05) is 13.8 Å². The third-order valence-electron chi connectivity index (χ3n) is 2.01. The molecule has 0 saturated heterocycles. The molecule has 0 spiro atoms. The zero-order valence-corrected chi connectivity index (χ0v) is 8.14. The van der Waals surface area contributed by atoms with Gasteiger partial charge in [0.1, 0.15) is 17.1 Å². The van der Waals surface area contributed by atoms with Gasteiger partial charge < -0.3 is 0 Å². The van der Waals surface area contributed by atoms with Crippen molar-refractivity contribution in [2.75, 3.05) is 0 Å². The smallest absolute Gasteiger partial charge is 0.105 e. The van der Waals surface area contributed by atoms with E-state index in [4.69, 9.17) is 5.26 Å². The molecule has 0 aliphatic heterocycles. The molecule has 2 aromatic heterocycles. The predicted octanol–water partition coefficient (Wildman–Crippen LogP) is 2.18. The van der Waals surface area contributed by atoms with Gasteiger partial charge in [0.25, 0.3) is 0 Å². The van der Waals surface area contributed by atoms with Gasteiger partial charge in [0.2, 0.25) is 0 Å². The van der Waals surface area contributed by atoms with Gasteiger partial charge in [0.05, 0.1) is 5.69 Å². The molecule has 0 atom stereocenters. The highest BCUT2D eigenvalue weighted by atomic mass is 32.1. The molecule has 0 fully saturated rings. The van der Waals surface area contributed by atoms with Crippen molar-refractivity contribution in [3.63, 3.8) is 0 Å². The maximum atomic E-state index is 8.90. The lowest BCUT2D eigenvalue weighted by molar-refractivity contribution is 1.20. The van der Waals surface area contributed by atoms with E-state index in [1.165, 1.54) is 11.5 Å². The van der Waals surface area contributed by atoms with Crippen LogP contribution in [0.15, 0.2) is 6.20 Å². The van der Waals surface area contributed by atoms with Crippen LogP contribution in [0.2, 0.25) is 0 Å². The van der Waals surface area contributed by atoms with E-state index in [-0.39, 0.29) is 0 Å². The maximum absolute atomic E-state index is 8.90. The summed E-state index contributed by atoms with van der Waals surface area (Å²) in [5.74, 6) is 0. The van der Waals surface area contributed by atoms with Crippen molar-refractivity contribution in [2.45, 2.75) is 13.8 Å². The van der Waals surface area contributed by atoms with Gasteiger partial charge in [-0.15, -0.1) is 0 Å². The molecule has 64 valence electrons. The van der Waals surface area contributed by atoms with Crippen molar-refractivity contribution >= 4 is 22.4 Å². The minimum atomic E-state index is 0.599. The third kappa shape index (κ3) is 1.09. The number of nitriles is 1. The van der Waals surface area contributed by atoms with Gasteiger partial charge in [0.15, 0.2) is 0 Å². The molecule has 3 nitrogen and oxygen atoms in total. The monoisotopic (exact) mass is 189 g/mol. The molecule has 2 aromatic rings. The Morgan fingerprint density at radius 2 is 2.23 bits per heavy atom. The fourth-order valence-electron chi connectivity index (χ4n) is 1.24. The normalized spacial score (nSPS) is 10.2. The fraction of sp³-hybridized carbons (Fsp3) is 0.222. The second kappa shape index (κ2) is 2.79. The lowest BCUT2D eigenvalue weighted by Gasteiger charge is -1.95. The summed E-state index contributed by atoms with van der Waals surface area (Å²) >= 11 is 1.41. The zero-order valence-electron chi connectivity index (χ0n) is 7.33. The lowest BCUT2D eigenvalue weighted by atomic mass is 10.1. The second-order valence-corrected chi connectivity index (χ2v) is 3.81. The average molecular weight is 189 g/mol. The summed E-state index contributed by atoms with van der Waals surface area (Å²) in [7, 11) is 0. The van der Waals surface area contributed by atoms with Crippen molar-refractivity contribution in [3.8, 4) is 6.07 Å². The lowest BCUT2D eigenvalue weighted by Crippen LogP contribution is -1.88. The van der Waals surface area contributed by atoms with E-state index in [9.17, 15) is 0 Å². The topological polar surface area (TPSA) is 49.6 Å². The highest BCUT2D eigenvalue weighted by Gasteiger charge is 2.09. The standard InChI is InChI=1S/C9H7N3S/c1-5-7(3-10)9-8(4-11-5)6(2)13-12-9/h4H,1-2H3. The van der Waals surface area contributed by atoms with Crippen LogP contribution in [0.1, 0.15) is 16.1 Å². The fourth-order valence-corrected chi connectivity index (χ4v) is 1.91. The molecule has 0 aliphatic rings. The first kappa shape index (κ1) is 8.14. The van der Waals surface area contributed by atoms with Crippen molar-refractivity contribution in [1.82, 2.24) is 9.36 Å². The Labute approximate surface area is 79.8 Å². The van der Waals surface area contributed by atoms with Crippen molar-refractivity contribution in [3.05, 3.63) is 22.3 Å². The quantitative estimate of drug-likeness (QED) is 0.638. The van der Waals surface area contributed by atoms with Gasteiger partial charge in [0, 0.05) is 16.5 Å². The van der Waals surface area contributed by atoms with Crippen LogP contribution < -0.4 is 0 Å². The van der Waals surface area contributed by atoms with Crippen LogP contribution in [0.3, 0.4) is 0 Å². The van der Waals surface area contributed by atoms with Crippen LogP contribution >= 0.6 is 11.5 Å². The van der Waals surface area contributed by atoms with Gasteiger partial charge in [-0.2, -0.15) is 9.64 Å². The first-order valence-corrected chi connectivity index (χ1v) is 4.63. The summed E-state index contributed by atoms with van der Waals surface area (Å²) in [5.41, 5.74) is 2.14. The average Bonchev–Trinajstić information content (AvgIpc) is 2.48. The highest BCUT2D eigenvalue weighted by Crippen LogP contribution is 2.24. The van der Waals surface area contributed by atoms with Crippen LogP contribution in [0.4, 0.5) is 0 Å². The minimum Gasteiger partial charge on any atom is -0.259 e. The summed E-state index contributed by atoms with van der Waals surface area (Å²) in [6.45, 7) is 3.81. The molecule has 2 heterocycles. The number of hydrogen-bond donors (Lipinski definition) is 0. The summed E-state index contributed by atoms with van der Waals surface area (Å²) in [5, 5.41) is 9.89. The Morgan fingerprint density at radius 1 is 1.46 bits per heavy atom. The number of aromatic nitrogens is 2. The second-order valence-electron chi connectivity index (χ2n) is 2.83. The van der Waals surface area contributed by atoms with Crippen LogP contribution in [0.5, 0.6) is 0 Å². The van der Waals surface area contributed by atoms with Crippen LogP contribution in [0, 0.1) is 25.2 Å².